The van der Waals surface area contributed by atoms with E-state index in [1.165, 1.54) is 6.42 Å². The highest BCUT2D eigenvalue weighted by Crippen LogP contribution is 2.36. The van der Waals surface area contributed by atoms with Crippen LogP contribution in [-0.4, -0.2) is 36.4 Å². The zero-order valence-corrected chi connectivity index (χ0v) is 16.2. The summed E-state index contributed by atoms with van der Waals surface area (Å²) in [6, 6.07) is 5.97. The summed E-state index contributed by atoms with van der Waals surface area (Å²) in [5.74, 6) is 1.49. The van der Waals surface area contributed by atoms with Crippen LogP contribution in [0.3, 0.4) is 0 Å². The van der Waals surface area contributed by atoms with E-state index in [1.54, 1.807) is 7.11 Å². The number of nitrogens with one attached hydrogen (secondary N) is 1. The summed E-state index contributed by atoms with van der Waals surface area (Å²) in [5.41, 5.74) is 1.72. The van der Waals surface area contributed by atoms with Crippen LogP contribution >= 0.6 is 0 Å². The van der Waals surface area contributed by atoms with Gasteiger partial charge in [-0.1, -0.05) is 32.8 Å². The maximum atomic E-state index is 12.8. The van der Waals surface area contributed by atoms with E-state index >= 15 is 0 Å². The molecule has 1 saturated heterocycles. The highest BCUT2D eigenvalue weighted by molar-refractivity contribution is 5.98. The largest absolute Gasteiger partial charge is 0.495 e. The Morgan fingerprint density at radius 3 is 2.77 bits per heavy atom. The molecule has 2 aliphatic rings. The van der Waals surface area contributed by atoms with E-state index in [0.29, 0.717) is 36.2 Å². The van der Waals surface area contributed by atoms with Gasteiger partial charge in [0.15, 0.2) is 0 Å². The molecule has 5 nitrogen and oxygen atoms in total. The molecule has 0 spiro atoms. The lowest BCUT2D eigenvalue weighted by Crippen LogP contribution is -2.45. The molecule has 1 aliphatic heterocycles. The maximum Gasteiger partial charge on any atom is 0.229 e. The van der Waals surface area contributed by atoms with E-state index < -0.39 is 0 Å². The molecule has 26 heavy (non-hydrogen) atoms. The lowest BCUT2D eigenvalue weighted by molar-refractivity contribution is -0.131. The highest BCUT2D eigenvalue weighted by Gasteiger charge is 2.41. The van der Waals surface area contributed by atoms with Crippen LogP contribution < -0.4 is 10.1 Å². The molecule has 2 fully saturated rings. The molecule has 0 unspecified atom stereocenters. The zero-order chi connectivity index (χ0) is 18.8. The average molecular weight is 358 g/mol. The quantitative estimate of drug-likeness (QED) is 0.894. The van der Waals surface area contributed by atoms with Crippen LogP contribution in [0.25, 0.3) is 0 Å². The summed E-state index contributed by atoms with van der Waals surface area (Å²) < 4.78 is 5.34. The van der Waals surface area contributed by atoms with Crippen LogP contribution in [0.5, 0.6) is 5.75 Å². The topological polar surface area (TPSA) is 58.6 Å². The molecule has 1 saturated carbocycles. The fraction of sp³-hybridized carbons (Fsp3) is 0.619. The van der Waals surface area contributed by atoms with Crippen molar-refractivity contribution in [3.8, 4) is 5.75 Å². The smallest absolute Gasteiger partial charge is 0.229 e. The summed E-state index contributed by atoms with van der Waals surface area (Å²) >= 11 is 0. The molecule has 2 amide bonds. The second kappa shape index (κ2) is 7.68. The maximum absolute atomic E-state index is 12.8. The molecule has 3 rings (SSSR count). The first kappa shape index (κ1) is 18.7. The first-order chi connectivity index (χ1) is 12.4. The number of methoxy groups -OCH3 is 1. The number of carbonyl (C=O) groups is 2. The Balaban J connectivity index is 1.68. The first-order valence-electron chi connectivity index (χ1n) is 9.65. The van der Waals surface area contributed by atoms with Gasteiger partial charge in [0, 0.05) is 19.0 Å². The van der Waals surface area contributed by atoms with Crippen LogP contribution in [0.15, 0.2) is 18.2 Å². The standard InChI is InChI=1S/C21H30N2O3/c1-13-8-9-19(26-4)17(10-13)22-21(25)16-11-20(24)23(12-16)18-7-5-6-14(2)15(18)3/h8-10,14-16,18H,5-7,11-12H2,1-4H3,(H,22,25)/t14-,15-,16-,18+/m0/s1. The molecule has 0 aromatic heterocycles. The Morgan fingerprint density at radius 1 is 1.27 bits per heavy atom. The SMILES string of the molecule is COc1ccc(C)cc1NC(=O)[C@H]1CC(=O)N([C@@H]2CCC[C@H](C)[C@@H]2C)C1. The molecular formula is C21H30N2O3. The van der Waals surface area contributed by atoms with E-state index in [0.717, 1.165) is 18.4 Å². The van der Waals surface area contributed by atoms with E-state index in [4.69, 9.17) is 4.74 Å². The zero-order valence-electron chi connectivity index (χ0n) is 16.2. The van der Waals surface area contributed by atoms with Gasteiger partial charge in [0.05, 0.1) is 18.7 Å². The highest BCUT2D eigenvalue weighted by atomic mass is 16.5. The van der Waals surface area contributed by atoms with Gasteiger partial charge < -0.3 is 15.0 Å². The van der Waals surface area contributed by atoms with Crippen LogP contribution in [0, 0.1) is 24.7 Å². The fourth-order valence-electron chi connectivity index (χ4n) is 4.38. The van der Waals surface area contributed by atoms with Crippen LogP contribution in [0.2, 0.25) is 0 Å². The average Bonchev–Trinajstić information content (AvgIpc) is 2.99. The molecule has 1 aromatic carbocycles. The Hall–Kier alpha value is -2.04. The summed E-state index contributed by atoms with van der Waals surface area (Å²) in [4.78, 5) is 27.3. The number of aryl methyl sites for hydroxylation is 1. The van der Waals surface area contributed by atoms with Crippen molar-refractivity contribution in [3.05, 3.63) is 23.8 Å². The third-order valence-corrected chi connectivity index (χ3v) is 6.21. The Bertz CT molecular complexity index is 688. The van der Waals surface area contributed by atoms with Gasteiger partial charge in [-0.25, -0.2) is 0 Å². The summed E-state index contributed by atoms with van der Waals surface area (Å²) in [5, 5.41) is 2.97. The van der Waals surface area contributed by atoms with Crippen molar-refractivity contribution in [3.63, 3.8) is 0 Å². The lowest BCUT2D eigenvalue weighted by atomic mass is 9.77. The Labute approximate surface area is 156 Å². The van der Waals surface area contributed by atoms with E-state index in [1.807, 2.05) is 30.0 Å². The van der Waals surface area contributed by atoms with Gasteiger partial charge in [0.25, 0.3) is 0 Å². The van der Waals surface area contributed by atoms with E-state index in [-0.39, 0.29) is 23.8 Å². The van der Waals surface area contributed by atoms with Crippen molar-refractivity contribution in [2.75, 3.05) is 19.0 Å². The molecule has 0 radical (unpaired) electrons. The number of anilines is 1. The van der Waals surface area contributed by atoms with Crippen molar-refractivity contribution in [1.82, 2.24) is 4.90 Å². The molecule has 1 aromatic rings. The minimum absolute atomic E-state index is 0.0961. The summed E-state index contributed by atoms with van der Waals surface area (Å²) in [6.45, 7) is 7.01. The van der Waals surface area contributed by atoms with Gasteiger partial charge in [-0.15, -0.1) is 0 Å². The second-order valence-corrected chi connectivity index (χ2v) is 7.97. The third kappa shape index (κ3) is 3.71. The van der Waals surface area contributed by atoms with Gasteiger partial charge in [0.1, 0.15) is 5.75 Å². The molecule has 1 heterocycles. The predicted octanol–water partition coefficient (Wildman–Crippen LogP) is 3.62. The summed E-state index contributed by atoms with van der Waals surface area (Å²) in [6.07, 6.45) is 3.75. The second-order valence-electron chi connectivity index (χ2n) is 7.97. The van der Waals surface area contributed by atoms with Crippen molar-refractivity contribution in [2.24, 2.45) is 17.8 Å². The Morgan fingerprint density at radius 2 is 2.04 bits per heavy atom. The predicted molar refractivity (Wildman–Crippen MR) is 102 cm³/mol. The van der Waals surface area contributed by atoms with Gasteiger partial charge in [0.2, 0.25) is 11.8 Å². The molecule has 142 valence electrons. The van der Waals surface area contributed by atoms with Gasteiger partial charge >= 0.3 is 0 Å². The number of likely N-dealkylation sites (tertiary alicyclic amines) is 1. The number of nitrogens with zero attached hydrogens (tertiary/aromatic N) is 1. The Kier molecular flexibility index (Phi) is 5.54. The van der Waals surface area contributed by atoms with Crippen LogP contribution in [0.4, 0.5) is 5.69 Å². The summed E-state index contributed by atoms with van der Waals surface area (Å²) in [7, 11) is 1.59. The number of amides is 2. The van der Waals surface area contributed by atoms with Gasteiger partial charge in [-0.05, 0) is 42.9 Å². The number of carbonyl (C=O) groups excluding carboxylic acids is 2. The lowest BCUT2D eigenvalue weighted by Gasteiger charge is -2.40. The third-order valence-electron chi connectivity index (χ3n) is 6.21. The van der Waals surface area contributed by atoms with Gasteiger partial charge in [-0.2, -0.15) is 0 Å². The molecule has 5 heteroatoms. The number of rotatable bonds is 4. The van der Waals surface area contributed by atoms with Crippen molar-refractivity contribution < 1.29 is 14.3 Å². The molecule has 1 aliphatic carbocycles. The van der Waals surface area contributed by atoms with Crippen molar-refractivity contribution in [1.29, 1.82) is 0 Å². The number of benzene rings is 1. The number of hydrogen-bond donors (Lipinski definition) is 1. The number of hydrogen-bond acceptors (Lipinski definition) is 3. The van der Waals surface area contributed by atoms with E-state index in [2.05, 4.69) is 19.2 Å². The monoisotopic (exact) mass is 358 g/mol. The molecule has 1 N–H and O–H groups in total. The van der Waals surface area contributed by atoms with Crippen LogP contribution in [0.1, 0.15) is 45.1 Å². The fourth-order valence-corrected chi connectivity index (χ4v) is 4.38. The van der Waals surface area contributed by atoms with Crippen LogP contribution in [-0.2, 0) is 9.59 Å². The normalized spacial score (nSPS) is 28.9. The molecule has 0 bridgehead atoms. The van der Waals surface area contributed by atoms with Crippen molar-refractivity contribution >= 4 is 17.5 Å². The minimum Gasteiger partial charge on any atom is -0.495 e. The molecular weight excluding hydrogens is 328 g/mol. The van der Waals surface area contributed by atoms with Crippen molar-refractivity contribution in [2.45, 2.75) is 52.5 Å². The van der Waals surface area contributed by atoms with E-state index in [9.17, 15) is 9.59 Å². The van der Waals surface area contributed by atoms with Gasteiger partial charge in [-0.3, -0.25) is 9.59 Å². The first-order valence-corrected chi connectivity index (χ1v) is 9.65. The number of ether oxygens (including phenoxy) is 1. The minimum atomic E-state index is -0.294. The molecule has 4 atom stereocenters.